The van der Waals surface area contributed by atoms with E-state index in [9.17, 15) is 4.79 Å². The van der Waals surface area contributed by atoms with E-state index in [4.69, 9.17) is 5.73 Å². The molecule has 1 amide bonds. The molecule has 0 bridgehead atoms. The van der Waals surface area contributed by atoms with Crippen molar-refractivity contribution in [3.8, 4) is 11.4 Å². The zero-order chi connectivity index (χ0) is 16.1. The van der Waals surface area contributed by atoms with Gasteiger partial charge in [0.1, 0.15) is 5.69 Å². The Kier molecular flexibility index (Phi) is 8.79. The number of aromatic nitrogens is 2. The van der Waals surface area contributed by atoms with E-state index in [1.165, 1.54) is 30.6 Å². The van der Waals surface area contributed by atoms with E-state index in [0.29, 0.717) is 18.1 Å². The fourth-order valence-corrected chi connectivity index (χ4v) is 3.94. The van der Waals surface area contributed by atoms with Gasteiger partial charge < -0.3 is 11.1 Å². The van der Waals surface area contributed by atoms with Crippen molar-refractivity contribution in [1.82, 2.24) is 9.97 Å². The number of carbonyl (C=O) groups is 1. The first-order chi connectivity index (χ1) is 11.2. The molecular formula is C17H24Cl2N4OS. The van der Waals surface area contributed by atoms with Gasteiger partial charge in [-0.3, -0.25) is 9.78 Å². The Hall–Kier alpha value is -1.21. The number of amides is 1. The van der Waals surface area contributed by atoms with Crippen LogP contribution in [-0.2, 0) is 4.79 Å². The van der Waals surface area contributed by atoms with Gasteiger partial charge >= 0.3 is 0 Å². The standard InChI is InChI=1S/C17H22N4OS.2ClH/c18-12-17(7-3-1-4-8-17)10-15(22)21-16-20-14(11-23-16)13-6-2-5-9-19-13;;/h2,5-6,9,11H,1,3-4,7-8,10,12,18H2,(H,20,21,22);2*1H. The minimum Gasteiger partial charge on any atom is -0.330 e. The molecule has 1 fully saturated rings. The average molecular weight is 403 g/mol. The van der Waals surface area contributed by atoms with Crippen molar-refractivity contribution >= 4 is 47.2 Å². The molecule has 0 saturated heterocycles. The molecule has 0 spiro atoms. The number of pyridine rings is 1. The van der Waals surface area contributed by atoms with Gasteiger partial charge in [-0.1, -0.05) is 25.3 Å². The van der Waals surface area contributed by atoms with Crippen LogP contribution in [0.4, 0.5) is 5.13 Å². The molecule has 0 unspecified atom stereocenters. The molecule has 3 N–H and O–H groups in total. The molecular weight excluding hydrogens is 379 g/mol. The number of nitrogens with one attached hydrogen (secondary N) is 1. The minimum atomic E-state index is -0.0244. The highest BCUT2D eigenvalue weighted by molar-refractivity contribution is 7.14. The predicted octanol–water partition coefficient (Wildman–Crippen LogP) is 4.29. The number of halogens is 2. The van der Waals surface area contributed by atoms with Gasteiger partial charge in [0.15, 0.2) is 5.13 Å². The predicted molar refractivity (Wildman–Crippen MR) is 108 cm³/mol. The van der Waals surface area contributed by atoms with Crippen molar-refractivity contribution in [2.75, 3.05) is 11.9 Å². The van der Waals surface area contributed by atoms with Crippen LogP contribution in [0, 0.1) is 5.41 Å². The average Bonchev–Trinajstić information content (AvgIpc) is 3.05. The number of carbonyl (C=O) groups excluding carboxylic acids is 1. The number of nitrogens with two attached hydrogens (primary N) is 1. The SMILES string of the molecule is Cl.Cl.NCC1(CC(=O)Nc2nc(-c3ccccn3)cs2)CCCCC1. The zero-order valence-electron chi connectivity index (χ0n) is 13.9. The molecule has 0 aliphatic heterocycles. The highest BCUT2D eigenvalue weighted by atomic mass is 35.5. The van der Waals surface area contributed by atoms with Crippen molar-refractivity contribution in [3.63, 3.8) is 0 Å². The Morgan fingerprint density at radius 2 is 1.96 bits per heavy atom. The number of hydrogen-bond donors (Lipinski definition) is 2. The van der Waals surface area contributed by atoms with Gasteiger partial charge in [0.2, 0.25) is 5.91 Å². The lowest BCUT2D eigenvalue weighted by molar-refractivity contribution is -0.118. The van der Waals surface area contributed by atoms with E-state index in [2.05, 4.69) is 15.3 Å². The number of anilines is 1. The van der Waals surface area contributed by atoms with Gasteiger partial charge in [0.05, 0.1) is 5.69 Å². The van der Waals surface area contributed by atoms with Gasteiger partial charge in [0.25, 0.3) is 0 Å². The van der Waals surface area contributed by atoms with Crippen molar-refractivity contribution in [2.24, 2.45) is 11.1 Å². The maximum Gasteiger partial charge on any atom is 0.226 e. The van der Waals surface area contributed by atoms with E-state index in [-0.39, 0.29) is 36.1 Å². The van der Waals surface area contributed by atoms with Crippen molar-refractivity contribution in [2.45, 2.75) is 38.5 Å². The summed E-state index contributed by atoms with van der Waals surface area (Å²) in [5, 5.41) is 5.46. The minimum absolute atomic E-state index is 0. The Labute approximate surface area is 164 Å². The van der Waals surface area contributed by atoms with Crippen LogP contribution in [0.2, 0.25) is 0 Å². The van der Waals surface area contributed by atoms with E-state index >= 15 is 0 Å². The third-order valence-electron chi connectivity index (χ3n) is 4.56. The lowest BCUT2D eigenvalue weighted by atomic mass is 9.72. The first-order valence-corrected chi connectivity index (χ1v) is 8.96. The van der Waals surface area contributed by atoms with Gasteiger partial charge in [-0.05, 0) is 36.9 Å². The second-order valence-electron chi connectivity index (χ2n) is 6.24. The third kappa shape index (κ3) is 5.64. The molecule has 3 rings (SSSR count). The highest BCUT2D eigenvalue weighted by Crippen LogP contribution is 2.38. The summed E-state index contributed by atoms with van der Waals surface area (Å²) in [6.07, 6.45) is 7.92. The van der Waals surface area contributed by atoms with Crippen LogP contribution in [-0.4, -0.2) is 22.4 Å². The lowest BCUT2D eigenvalue weighted by Gasteiger charge is -2.35. The molecule has 1 aliphatic rings. The highest BCUT2D eigenvalue weighted by Gasteiger charge is 2.33. The molecule has 1 saturated carbocycles. The quantitative estimate of drug-likeness (QED) is 0.781. The molecule has 138 valence electrons. The number of nitrogens with zero attached hydrogens (tertiary/aromatic N) is 2. The molecule has 0 atom stereocenters. The summed E-state index contributed by atoms with van der Waals surface area (Å²) in [5.74, 6) is 0.0132. The normalized spacial score (nSPS) is 15.6. The van der Waals surface area contributed by atoms with E-state index < -0.39 is 0 Å². The Balaban J connectivity index is 0.00000156. The van der Waals surface area contributed by atoms with Crippen LogP contribution in [0.5, 0.6) is 0 Å². The maximum absolute atomic E-state index is 12.4. The largest absolute Gasteiger partial charge is 0.330 e. The Bertz CT molecular complexity index is 660. The Morgan fingerprint density at radius 1 is 1.20 bits per heavy atom. The second-order valence-corrected chi connectivity index (χ2v) is 7.10. The molecule has 5 nitrogen and oxygen atoms in total. The van der Waals surface area contributed by atoms with Crippen LogP contribution in [0.25, 0.3) is 11.4 Å². The fourth-order valence-electron chi connectivity index (χ4n) is 3.22. The molecule has 0 radical (unpaired) electrons. The van der Waals surface area contributed by atoms with Crippen LogP contribution >= 0.6 is 36.2 Å². The topological polar surface area (TPSA) is 80.9 Å². The Morgan fingerprint density at radius 3 is 2.60 bits per heavy atom. The summed E-state index contributed by atoms with van der Waals surface area (Å²) < 4.78 is 0. The molecule has 2 aromatic heterocycles. The van der Waals surface area contributed by atoms with Crippen LogP contribution in [0.3, 0.4) is 0 Å². The van der Waals surface area contributed by atoms with Gasteiger partial charge in [0, 0.05) is 18.0 Å². The van der Waals surface area contributed by atoms with Crippen molar-refractivity contribution in [1.29, 1.82) is 0 Å². The van der Waals surface area contributed by atoms with Crippen molar-refractivity contribution in [3.05, 3.63) is 29.8 Å². The lowest BCUT2D eigenvalue weighted by Crippen LogP contribution is -2.36. The smallest absolute Gasteiger partial charge is 0.226 e. The van der Waals surface area contributed by atoms with E-state index in [1.807, 2.05) is 23.6 Å². The van der Waals surface area contributed by atoms with Gasteiger partial charge in [-0.2, -0.15) is 0 Å². The molecule has 25 heavy (non-hydrogen) atoms. The molecule has 0 aromatic carbocycles. The van der Waals surface area contributed by atoms with E-state index in [1.54, 1.807) is 6.20 Å². The first-order valence-electron chi connectivity index (χ1n) is 8.08. The van der Waals surface area contributed by atoms with Crippen molar-refractivity contribution < 1.29 is 4.79 Å². The van der Waals surface area contributed by atoms with E-state index in [0.717, 1.165) is 24.2 Å². The molecule has 8 heteroatoms. The number of hydrogen-bond acceptors (Lipinski definition) is 5. The summed E-state index contributed by atoms with van der Waals surface area (Å²) in [6, 6.07) is 5.70. The molecule has 2 heterocycles. The summed E-state index contributed by atoms with van der Waals surface area (Å²) in [7, 11) is 0. The van der Waals surface area contributed by atoms with Crippen LogP contribution in [0.1, 0.15) is 38.5 Å². The number of thiazole rings is 1. The van der Waals surface area contributed by atoms with Crippen LogP contribution in [0.15, 0.2) is 29.8 Å². The summed E-state index contributed by atoms with van der Waals surface area (Å²) >= 11 is 1.43. The molecule has 1 aliphatic carbocycles. The summed E-state index contributed by atoms with van der Waals surface area (Å²) in [5.41, 5.74) is 7.54. The van der Waals surface area contributed by atoms with Gasteiger partial charge in [-0.25, -0.2) is 4.98 Å². The summed E-state index contributed by atoms with van der Waals surface area (Å²) in [6.45, 7) is 0.581. The molecule has 2 aromatic rings. The monoisotopic (exact) mass is 402 g/mol. The van der Waals surface area contributed by atoms with Gasteiger partial charge in [-0.15, -0.1) is 36.2 Å². The maximum atomic E-state index is 12.4. The second kappa shape index (κ2) is 10.1. The van der Waals surface area contributed by atoms with Crippen LogP contribution < -0.4 is 11.1 Å². The fraction of sp³-hybridized carbons (Fsp3) is 0.471. The summed E-state index contributed by atoms with van der Waals surface area (Å²) in [4.78, 5) is 21.1. The first kappa shape index (κ1) is 21.8. The zero-order valence-corrected chi connectivity index (χ0v) is 16.4. The number of rotatable bonds is 5. The third-order valence-corrected chi connectivity index (χ3v) is 5.32.